The molecule has 0 fully saturated rings. The predicted octanol–water partition coefficient (Wildman–Crippen LogP) is 4.39. The van der Waals surface area contributed by atoms with Gasteiger partial charge in [0.1, 0.15) is 5.75 Å². The van der Waals surface area contributed by atoms with E-state index in [0.717, 1.165) is 24.2 Å². The molecule has 2 heterocycles. The van der Waals surface area contributed by atoms with Crippen LogP contribution in [0.1, 0.15) is 22.7 Å². The van der Waals surface area contributed by atoms with E-state index in [-0.39, 0.29) is 17.4 Å². The lowest BCUT2D eigenvalue weighted by Gasteiger charge is -2.39. The molecule has 4 heteroatoms. The fourth-order valence-corrected chi connectivity index (χ4v) is 4.27. The van der Waals surface area contributed by atoms with E-state index in [2.05, 4.69) is 22.0 Å². The number of aromatic hydroxyl groups is 1. The highest BCUT2D eigenvalue weighted by Gasteiger charge is 2.33. The number of aromatic amines is 1. The number of hydrogen-bond donors (Lipinski definition) is 2. The van der Waals surface area contributed by atoms with Crippen LogP contribution >= 0.6 is 0 Å². The zero-order valence-electron chi connectivity index (χ0n) is 15.3. The molecule has 0 bridgehead atoms. The lowest BCUT2D eigenvalue weighted by atomic mass is 9.87. The molecule has 0 saturated carbocycles. The van der Waals surface area contributed by atoms with Crippen LogP contribution in [0.5, 0.6) is 5.75 Å². The Hall–Kier alpha value is -3.53. The molecule has 0 radical (unpaired) electrons. The van der Waals surface area contributed by atoms with Gasteiger partial charge in [-0.2, -0.15) is 0 Å². The van der Waals surface area contributed by atoms with Gasteiger partial charge in [-0.1, -0.05) is 54.6 Å². The van der Waals surface area contributed by atoms with Crippen molar-refractivity contribution in [3.05, 3.63) is 106 Å². The van der Waals surface area contributed by atoms with Crippen LogP contribution in [-0.2, 0) is 6.42 Å². The molecular weight excluding hydrogens is 348 g/mol. The number of aromatic nitrogens is 1. The Kier molecular flexibility index (Phi) is 3.90. The van der Waals surface area contributed by atoms with E-state index in [1.54, 1.807) is 0 Å². The van der Waals surface area contributed by atoms with Crippen LogP contribution in [0.2, 0.25) is 0 Å². The van der Waals surface area contributed by atoms with Crippen LogP contribution in [0.4, 0.5) is 5.69 Å². The SMILES string of the molecule is O=c1[nH]c2ccccc2c(O)c1[C@H]1c2ccccc2CCN1c1ccccc1. The molecule has 138 valence electrons. The Morgan fingerprint density at radius 1 is 0.893 bits per heavy atom. The number of pyridine rings is 1. The molecule has 3 aromatic carbocycles. The number of rotatable bonds is 2. The lowest BCUT2D eigenvalue weighted by molar-refractivity contribution is 0.465. The van der Waals surface area contributed by atoms with Gasteiger partial charge < -0.3 is 15.0 Å². The van der Waals surface area contributed by atoms with Crippen LogP contribution < -0.4 is 10.5 Å². The van der Waals surface area contributed by atoms with Gasteiger partial charge >= 0.3 is 0 Å². The Labute approximate surface area is 162 Å². The minimum absolute atomic E-state index is 0.0574. The minimum Gasteiger partial charge on any atom is -0.507 e. The molecule has 4 nitrogen and oxygen atoms in total. The van der Waals surface area contributed by atoms with E-state index >= 15 is 0 Å². The smallest absolute Gasteiger partial charge is 0.257 e. The van der Waals surface area contributed by atoms with E-state index in [0.29, 0.717) is 16.5 Å². The molecule has 0 amide bonds. The monoisotopic (exact) mass is 368 g/mol. The number of anilines is 1. The van der Waals surface area contributed by atoms with Gasteiger partial charge in [-0.15, -0.1) is 0 Å². The summed E-state index contributed by atoms with van der Waals surface area (Å²) in [5, 5.41) is 11.8. The first-order valence-corrected chi connectivity index (χ1v) is 9.47. The van der Waals surface area contributed by atoms with Gasteiger partial charge in [-0.3, -0.25) is 4.79 Å². The Morgan fingerprint density at radius 2 is 1.61 bits per heavy atom. The highest BCUT2D eigenvalue weighted by atomic mass is 16.3. The highest BCUT2D eigenvalue weighted by molar-refractivity contribution is 5.86. The average molecular weight is 368 g/mol. The van der Waals surface area contributed by atoms with Crippen molar-refractivity contribution in [2.45, 2.75) is 12.5 Å². The number of H-pyrrole nitrogens is 1. The molecule has 1 aliphatic heterocycles. The summed E-state index contributed by atoms with van der Waals surface area (Å²) < 4.78 is 0. The van der Waals surface area contributed by atoms with Gasteiger partial charge in [-0.05, 0) is 41.8 Å². The quantitative estimate of drug-likeness (QED) is 0.552. The van der Waals surface area contributed by atoms with Crippen molar-refractivity contribution in [2.24, 2.45) is 0 Å². The summed E-state index contributed by atoms with van der Waals surface area (Å²) in [4.78, 5) is 18.3. The zero-order valence-corrected chi connectivity index (χ0v) is 15.3. The predicted molar refractivity (Wildman–Crippen MR) is 112 cm³/mol. The molecular formula is C24H20N2O2. The second-order valence-corrected chi connectivity index (χ2v) is 7.14. The van der Waals surface area contributed by atoms with Crippen molar-refractivity contribution in [3.8, 4) is 5.75 Å². The molecule has 1 aliphatic rings. The third-order valence-corrected chi connectivity index (χ3v) is 5.57. The molecule has 0 saturated heterocycles. The first-order chi connectivity index (χ1) is 13.7. The number of nitrogens with zero attached hydrogens (tertiary/aromatic N) is 1. The van der Waals surface area contributed by atoms with Gasteiger partial charge in [0.05, 0.1) is 17.1 Å². The Balaban J connectivity index is 1.80. The second-order valence-electron chi connectivity index (χ2n) is 7.14. The van der Waals surface area contributed by atoms with Gasteiger partial charge in [0.15, 0.2) is 0 Å². The van der Waals surface area contributed by atoms with Crippen molar-refractivity contribution < 1.29 is 5.11 Å². The third-order valence-electron chi connectivity index (χ3n) is 5.57. The van der Waals surface area contributed by atoms with Crippen LogP contribution in [-0.4, -0.2) is 16.6 Å². The van der Waals surface area contributed by atoms with Gasteiger partial charge in [0.25, 0.3) is 5.56 Å². The van der Waals surface area contributed by atoms with Crippen LogP contribution in [0.25, 0.3) is 10.9 Å². The summed E-state index contributed by atoms with van der Waals surface area (Å²) in [5.41, 5.74) is 4.10. The highest BCUT2D eigenvalue weighted by Crippen LogP contribution is 2.41. The molecule has 2 N–H and O–H groups in total. The van der Waals surface area contributed by atoms with Gasteiger partial charge in [0, 0.05) is 17.6 Å². The third kappa shape index (κ3) is 2.57. The van der Waals surface area contributed by atoms with Crippen molar-refractivity contribution in [1.29, 1.82) is 0 Å². The molecule has 4 aromatic rings. The van der Waals surface area contributed by atoms with Crippen molar-refractivity contribution in [2.75, 3.05) is 11.4 Å². The lowest BCUT2D eigenvalue weighted by Crippen LogP contribution is -2.38. The molecule has 28 heavy (non-hydrogen) atoms. The van der Waals surface area contributed by atoms with E-state index < -0.39 is 0 Å². The van der Waals surface area contributed by atoms with Crippen LogP contribution in [0, 0.1) is 0 Å². The van der Waals surface area contributed by atoms with Crippen molar-refractivity contribution in [1.82, 2.24) is 4.98 Å². The average Bonchev–Trinajstić information content (AvgIpc) is 2.74. The maximum atomic E-state index is 13.1. The second kappa shape index (κ2) is 6.57. The maximum Gasteiger partial charge on any atom is 0.257 e. The molecule has 0 unspecified atom stereocenters. The molecule has 5 rings (SSSR count). The number of para-hydroxylation sites is 2. The Morgan fingerprint density at radius 3 is 2.46 bits per heavy atom. The number of benzene rings is 3. The van der Waals surface area contributed by atoms with E-state index in [4.69, 9.17) is 0 Å². The molecule has 0 aliphatic carbocycles. The summed E-state index contributed by atoms with van der Waals surface area (Å²) in [6.07, 6.45) is 0.897. The Bertz CT molecular complexity index is 1210. The van der Waals surface area contributed by atoms with E-state index in [1.807, 2.05) is 66.7 Å². The van der Waals surface area contributed by atoms with Crippen LogP contribution in [0.15, 0.2) is 83.7 Å². The fourth-order valence-electron chi connectivity index (χ4n) is 4.27. The zero-order chi connectivity index (χ0) is 19.1. The summed E-state index contributed by atoms with van der Waals surface area (Å²) in [6, 6.07) is 25.3. The number of nitrogens with one attached hydrogen (secondary N) is 1. The maximum absolute atomic E-state index is 13.1. The van der Waals surface area contributed by atoms with E-state index in [9.17, 15) is 9.90 Å². The fraction of sp³-hybridized carbons (Fsp3) is 0.125. The summed E-state index contributed by atoms with van der Waals surface area (Å²) in [5.74, 6) is 0.0574. The summed E-state index contributed by atoms with van der Waals surface area (Å²) in [7, 11) is 0. The summed E-state index contributed by atoms with van der Waals surface area (Å²) in [6.45, 7) is 0.775. The molecule has 1 atom stereocenters. The van der Waals surface area contributed by atoms with Gasteiger partial charge in [0.2, 0.25) is 0 Å². The van der Waals surface area contributed by atoms with Gasteiger partial charge in [-0.25, -0.2) is 0 Å². The van der Waals surface area contributed by atoms with Crippen molar-refractivity contribution in [3.63, 3.8) is 0 Å². The van der Waals surface area contributed by atoms with Crippen LogP contribution in [0.3, 0.4) is 0 Å². The molecule has 1 aromatic heterocycles. The topological polar surface area (TPSA) is 56.3 Å². The number of fused-ring (bicyclic) bond motifs is 2. The van der Waals surface area contributed by atoms with Crippen molar-refractivity contribution >= 4 is 16.6 Å². The standard InChI is InChI=1S/C24H20N2O2/c27-23-19-12-6-7-13-20(19)25-24(28)21(23)22-18-11-5-4-8-16(18)14-15-26(22)17-9-2-1-3-10-17/h1-13,22H,14-15H2,(H2,25,27,28)/t22-/m1/s1. The summed E-state index contributed by atoms with van der Waals surface area (Å²) >= 11 is 0. The molecule has 0 spiro atoms. The largest absolute Gasteiger partial charge is 0.507 e. The first-order valence-electron chi connectivity index (χ1n) is 9.47. The number of hydrogen-bond acceptors (Lipinski definition) is 3. The minimum atomic E-state index is -0.347. The first kappa shape index (κ1) is 16.6. The van der Waals surface area contributed by atoms with E-state index in [1.165, 1.54) is 5.56 Å². The normalized spacial score (nSPS) is 16.1.